The lowest BCUT2D eigenvalue weighted by atomic mass is 10.1. The van der Waals surface area contributed by atoms with E-state index in [9.17, 15) is 9.59 Å². The maximum atomic E-state index is 12.4. The molecule has 0 saturated carbocycles. The third kappa shape index (κ3) is 5.31. The molecule has 7 nitrogen and oxygen atoms in total. The van der Waals surface area contributed by atoms with Crippen LogP contribution in [0.3, 0.4) is 0 Å². The number of carbonyl (C=O) groups is 2. The van der Waals surface area contributed by atoms with Crippen LogP contribution < -0.4 is 4.74 Å². The van der Waals surface area contributed by atoms with E-state index in [0.717, 1.165) is 48.5 Å². The molecule has 2 heterocycles. The van der Waals surface area contributed by atoms with E-state index in [1.54, 1.807) is 29.7 Å². The highest BCUT2D eigenvalue weighted by Gasteiger charge is 2.25. The zero-order chi connectivity index (χ0) is 23.2. The number of aromatic nitrogens is 2. The van der Waals surface area contributed by atoms with Crippen molar-refractivity contribution in [2.24, 2.45) is 0 Å². The Balaban J connectivity index is 1.55. The standard InChI is InChI=1S/C26H27N3O4/c1-19(26(31)28-16-6-7-17-28)33-24(30)15-12-21-18-29(22-8-4-3-5-9-22)27-25(21)20-10-13-23(32-2)14-11-20/h3-5,8-15,18-19H,6-7,16-17H2,1-2H3/b15-12+. The van der Waals surface area contributed by atoms with E-state index < -0.39 is 12.1 Å². The van der Waals surface area contributed by atoms with E-state index in [4.69, 9.17) is 14.6 Å². The normalized spacial score (nSPS) is 14.4. The molecule has 2 aromatic carbocycles. The van der Waals surface area contributed by atoms with Crippen LogP contribution in [-0.4, -0.2) is 52.9 Å². The fraction of sp³-hybridized carbons (Fsp3) is 0.269. The van der Waals surface area contributed by atoms with Crippen LogP contribution in [0, 0.1) is 0 Å². The van der Waals surface area contributed by atoms with Gasteiger partial charge in [0.1, 0.15) is 5.75 Å². The molecule has 4 rings (SSSR count). The molecule has 7 heteroatoms. The molecule has 1 atom stereocenters. The Hall–Kier alpha value is -3.87. The summed E-state index contributed by atoms with van der Waals surface area (Å²) in [6.07, 6.45) is 6.04. The van der Waals surface area contributed by atoms with E-state index in [1.807, 2.05) is 60.8 Å². The first-order chi connectivity index (χ1) is 16.0. The minimum absolute atomic E-state index is 0.148. The van der Waals surface area contributed by atoms with Gasteiger partial charge in [-0.3, -0.25) is 4.79 Å². The lowest BCUT2D eigenvalue weighted by molar-refractivity contribution is -0.154. The molecule has 1 aliphatic heterocycles. The molecule has 1 unspecified atom stereocenters. The lowest BCUT2D eigenvalue weighted by Crippen LogP contribution is -2.37. The summed E-state index contributed by atoms with van der Waals surface area (Å²) in [6.45, 7) is 3.06. The molecule has 0 bridgehead atoms. The third-order valence-corrected chi connectivity index (χ3v) is 5.58. The Morgan fingerprint density at radius 2 is 1.73 bits per heavy atom. The predicted molar refractivity (Wildman–Crippen MR) is 126 cm³/mol. The van der Waals surface area contributed by atoms with Gasteiger partial charge in [0.05, 0.1) is 18.5 Å². The average molecular weight is 446 g/mol. The van der Waals surface area contributed by atoms with Gasteiger partial charge in [0.15, 0.2) is 6.10 Å². The first-order valence-electron chi connectivity index (χ1n) is 11.0. The Morgan fingerprint density at radius 1 is 1.03 bits per heavy atom. The number of hydrogen-bond acceptors (Lipinski definition) is 5. The highest BCUT2D eigenvalue weighted by Crippen LogP contribution is 2.27. The highest BCUT2D eigenvalue weighted by molar-refractivity contribution is 5.91. The highest BCUT2D eigenvalue weighted by atomic mass is 16.5. The maximum absolute atomic E-state index is 12.4. The number of carbonyl (C=O) groups excluding carboxylic acids is 2. The smallest absolute Gasteiger partial charge is 0.331 e. The Bertz CT molecular complexity index is 1130. The van der Waals surface area contributed by atoms with Crippen LogP contribution in [-0.2, 0) is 14.3 Å². The van der Waals surface area contributed by atoms with Crippen LogP contribution in [0.4, 0.5) is 0 Å². The summed E-state index contributed by atoms with van der Waals surface area (Å²) in [7, 11) is 1.62. The molecule has 1 aliphatic rings. The Labute approximate surface area is 193 Å². The third-order valence-electron chi connectivity index (χ3n) is 5.58. The van der Waals surface area contributed by atoms with Crippen LogP contribution in [0.5, 0.6) is 5.75 Å². The summed E-state index contributed by atoms with van der Waals surface area (Å²) in [5.74, 6) is 0.0341. The van der Waals surface area contributed by atoms with E-state index in [2.05, 4.69) is 0 Å². The second-order valence-electron chi connectivity index (χ2n) is 7.89. The summed E-state index contributed by atoms with van der Waals surface area (Å²) in [5.41, 5.74) is 3.25. The fourth-order valence-corrected chi connectivity index (χ4v) is 3.81. The van der Waals surface area contributed by atoms with Crippen molar-refractivity contribution in [1.82, 2.24) is 14.7 Å². The van der Waals surface area contributed by atoms with Crippen LogP contribution in [0.25, 0.3) is 23.0 Å². The van der Waals surface area contributed by atoms with Crippen molar-refractivity contribution in [3.8, 4) is 22.7 Å². The van der Waals surface area contributed by atoms with Gasteiger partial charge in [-0.15, -0.1) is 0 Å². The van der Waals surface area contributed by atoms with Crippen molar-refractivity contribution < 1.29 is 19.1 Å². The van der Waals surface area contributed by atoms with Crippen molar-refractivity contribution >= 4 is 18.0 Å². The quantitative estimate of drug-likeness (QED) is 0.404. The molecular formula is C26H27N3O4. The molecule has 1 saturated heterocycles. The molecule has 0 aliphatic carbocycles. The van der Waals surface area contributed by atoms with Gasteiger partial charge in [-0.25, -0.2) is 9.48 Å². The largest absolute Gasteiger partial charge is 0.497 e. The number of methoxy groups -OCH3 is 1. The number of ether oxygens (including phenoxy) is 2. The lowest BCUT2D eigenvalue weighted by Gasteiger charge is -2.19. The van der Waals surface area contributed by atoms with Crippen molar-refractivity contribution in [1.29, 1.82) is 0 Å². The second kappa shape index (κ2) is 10.2. The van der Waals surface area contributed by atoms with E-state index in [0.29, 0.717) is 5.69 Å². The number of benzene rings is 2. The SMILES string of the molecule is COc1ccc(-c2nn(-c3ccccc3)cc2/C=C/C(=O)OC(C)C(=O)N2CCCC2)cc1. The molecule has 1 aromatic heterocycles. The van der Waals surface area contributed by atoms with Crippen molar-refractivity contribution in [3.63, 3.8) is 0 Å². The number of nitrogens with zero attached hydrogens (tertiary/aromatic N) is 3. The summed E-state index contributed by atoms with van der Waals surface area (Å²) >= 11 is 0. The van der Waals surface area contributed by atoms with Gasteiger partial charge in [-0.2, -0.15) is 5.10 Å². The van der Waals surface area contributed by atoms with Gasteiger partial charge in [-0.05, 0) is 62.2 Å². The number of hydrogen-bond donors (Lipinski definition) is 0. The summed E-state index contributed by atoms with van der Waals surface area (Å²) in [6, 6.07) is 17.3. The van der Waals surface area contributed by atoms with Gasteiger partial charge in [0.2, 0.25) is 0 Å². The molecule has 1 fully saturated rings. The molecule has 170 valence electrons. The topological polar surface area (TPSA) is 73.7 Å². The predicted octanol–water partition coefficient (Wildman–Crippen LogP) is 4.12. The maximum Gasteiger partial charge on any atom is 0.331 e. The van der Waals surface area contributed by atoms with E-state index in [1.165, 1.54) is 6.08 Å². The molecule has 0 spiro atoms. The van der Waals surface area contributed by atoms with Gasteiger partial charge < -0.3 is 14.4 Å². The summed E-state index contributed by atoms with van der Waals surface area (Å²) < 4.78 is 12.4. The van der Waals surface area contributed by atoms with E-state index in [-0.39, 0.29) is 5.91 Å². The Morgan fingerprint density at radius 3 is 2.39 bits per heavy atom. The van der Waals surface area contributed by atoms with Crippen LogP contribution in [0.1, 0.15) is 25.3 Å². The summed E-state index contributed by atoms with van der Waals surface area (Å²) in [4.78, 5) is 26.6. The van der Waals surface area contributed by atoms with Gasteiger partial charge in [-0.1, -0.05) is 18.2 Å². The van der Waals surface area contributed by atoms with Gasteiger partial charge >= 0.3 is 5.97 Å². The Kier molecular flexibility index (Phi) is 6.88. The van der Waals surface area contributed by atoms with Crippen molar-refractivity contribution in [2.75, 3.05) is 20.2 Å². The number of amides is 1. The zero-order valence-corrected chi connectivity index (χ0v) is 18.8. The monoisotopic (exact) mass is 445 g/mol. The second-order valence-corrected chi connectivity index (χ2v) is 7.89. The molecule has 0 radical (unpaired) electrons. The van der Waals surface area contributed by atoms with Crippen LogP contribution in [0.2, 0.25) is 0 Å². The molecular weight excluding hydrogens is 418 g/mol. The molecule has 0 N–H and O–H groups in total. The molecule has 1 amide bonds. The minimum Gasteiger partial charge on any atom is -0.497 e. The first kappa shape index (κ1) is 22.3. The zero-order valence-electron chi connectivity index (χ0n) is 18.8. The van der Waals surface area contributed by atoms with Gasteiger partial charge in [0, 0.05) is 36.5 Å². The minimum atomic E-state index is -0.812. The number of para-hydroxylation sites is 1. The fourth-order valence-electron chi connectivity index (χ4n) is 3.81. The number of likely N-dealkylation sites (tertiary alicyclic amines) is 1. The van der Waals surface area contributed by atoms with E-state index >= 15 is 0 Å². The molecule has 33 heavy (non-hydrogen) atoms. The number of esters is 1. The van der Waals surface area contributed by atoms with Crippen LogP contribution in [0.15, 0.2) is 66.9 Å². The van der Waals surface area contributed by atoms with Crippen molar-refractivity contribution in [2.45, 2.75) is 25.9 Å². The average Bonchev–Trinajstić information content (AvgIpc) is 3.53. The van der Waals surface area contributed by atoms with Crippen molar-refractivity contribution in [3.05, 3.63) is 72.4 Å². The van der Waals surface area contributed by atoms with Crippen LogP contribution >= 0.6 is 0 Å². The van der Waals surface area contributed by atoms with Gasteiger partial charge in [0.25, 0.3) is 5.91 Å². The number of rotatable bonds is 7. The first-order valence-corrected chi connectivity index (χ1v) is 11.0. The summed E-state index contributed by atoms with van der Waals surface area (Å²) in [5, 5.41) is 4.74. The molecule has 3 aromatic rings.